The van der Waals surface area contributed by atoms with Gasteiger partial charge < -0.3 is 5.32 Å². The van der Waals surface area contributed by atoms with Crippen LogP contribution in [0.2, 0.25) is 0 Å². The largest absolute Gasteiger partial charge is 0.317 e. The summed E-state index contributed by atoms with van der Waals surface area (Å²) in [5.41, 5.74) is 1.30. The molecule has 1 saturated heterocycles. The smallest absolute Gasteiger partial charge is 0.0410 e. The summed E-state index contributed by atoms with van der Waals surface area (Å²) in [5.74, 6) is 0.804. The molecule has 18 heavy (non-hydrogen) atoms. The van der Waals surface area contributed by atoms with Gasteiger partial charge in [0.05, 0.1) is 0 Å². The number of nitrogens with one attached hydrogen (secondary N) is 1. The van der Waals surface area contributed by atoms with Crippen molar-refractivity contribution in [1.82, 2.24) is 15.2 Å². The van der Waals surface area contributed by atoms with Gasteiger partial charge in [-0.15, -0.1) is 0 Å². The maximum absolute atomic E-state index is 4.23. The average molecular weight is 312 g/mol. The Labute approximate surface area is 118 Å². The first-order valence-corrected chi connectivity index (χ1v) is 7.59. The van der Waals surface area contributed by atoms with Crippen molar-refractivity contribution in [2.24, 2.45) is 5.92 Å². The quantitative estimate of drug-likeness (QED) is 0.906. The van der Waals surface area contributed by atoms with Crippen LogP contribution in [0, 0.1) is 5.92 Å². The number of hydrogen-bond acceptors (Lipinski definition) is 3. The highest BCUT2D eigenvalue weighted by Crippen LogP contribution is 2.19. The van der Waals surface area contributed by atoms with E-state index >= 15 is 0 Å². The fourth-order valence-electron chi connectivity index (χ4n) is 2.61. The van der Waals surface area contributed by atoms with Crippen molar-refractivity contribution in [2.75, 3.05) is 26.2 Å². The molecule has 1 N–H and O–H groups in total. The molecule has 1 aromatic heterocycles. The summed E-state index contributed by atoms with van der Waals surface area (Å²) < 4.78 is 1.07. The lowest BCUT2D eigenvalue weighted by molar-refractivity contribution is 0.165. The molecule has 1 atom stereocenters. The molecule has 0 saturated carbocycles. The molecular weight excluding hydrogens is 290 g/mol. The minimum Gasteiger partial charge on any atom is -0.317 e. The van der Waals surface area contributed by atoms with E-state index in [1.54, 1.807) is 0 Å². The van der Waals surface area contributed by atoms with Crippen LogP contribution in [0.1, 0.15) is 25.3 Å². The van der Waals surface area contributed by atoms with Crippen LogP contribution in [-0.4, -0.2) is 36.1 Å². The summed E-state index contributed by atoms with van der Waals surface area (Å²) in [6.07, 6.45) is 6.49. The number of rotatable bonds is 5. The summed E-state index contributed by atoms with van der Waals surface area (Å²) >= 11 is 3.48. The predicted octanol–water partition coefficient (Wildman–Crippen LogP) is 2.67. The van der Waals surface area contributed by atoms with Crippen LogP contribution < -0.4 is 5.32 Å². The fraction of sp³-hybridized carbons (Fsp3) is 0.643. The highest BCUT2D eigenvalue weighted by molar-refractivity contribution is 9.10. The Hall–Kier alpha value is -0.450. The zero-order valence-corrected chi connectivity index (χ0v) is 12.6. The Balaban J connectivity index is 1.85. The Kier molecular flexibility index (Phi) is 5.60. The van der Waals surface area contributed by atoms with Crippen LogP contribution in [0.4, 0.5) is 0 Å². The van der Waals surface area contributed by atoms with Gasteiger partial charge >= 0.3 is 0 Å². The third kappa shape index (κ3) is 4.34. The van der Waals surface area contributed by atoms with Crippen molar-refractivity contribution in [3.8, 4) is 0 Å². The summed E-state index contributed by atoms with van der Waals surface area (Å²) in [4.78, 5) is 6.78. The van der Waals surface area contributed by atoms with Crippen LogP contribution in [0.3, 0.4) is 0 Å². The molecular formula is C14H22BrN3. The van der Waals surface area contributed by atoms with Gasteiger partial charge in [-0.25, -0.2) is 0 Å². The highest BCUT2D eigenvalue weighted by atomic mass is 79.9. The molecule has 1 aromatic rings. The second-order valence-corrected chi connectivity index (χ2v) is 5.98. The number of nitrogens with zero attached hydrogens (tertiary/aromatic N) is 2. The first-order chi connectivity index (χ1) is 8.78. The highest BCUT2D eigenvalue weighted by Gasteiger charge is 2.19. The minimum absolute atomic E-state index is 0.804. The zero-order valence-electron chi connectivity index (χ0n) is 11.0. The maximum atomic E-state index is 4.23. The lowest BCUT2D eigenvalue weighted by Gasteiger charge is -2.32. The fourth-order valence-corrected chi connectivity index (χ4v) is 3.02. The van der Waals surface area contributed by atoms with E-state index in [9.17, 15) is 0 Å². The third-order valence-corrected chi connectivity index (χ3v) is 3.89. The number of hydrogen-bond donors (Lipinski definition) is 1. The number of piperidine rings is 1. The first kappa shape index (κ1) is 14.0. The lowest BCUT2D eigenvalue weighted by atomic mass is 9.97. The van der Waals surface area contributed by atoms with E-state index in [1.165, 1.54) is 31.5 Å². The normalized spacial score (nSPS) is 21.1. The first-order valence-electron chi connectivity index (χ1n) is 6.80. The Morgan fingerprint density at radius 3 is 3.17 bits per heavy atom. The van der Waals surface area contributed by atoms with Crippen molar-refractivity contribution < 1.29 is 0 Å². The van der Waals surface area contributed by atoms with Crippen LogP contribution in [0.5, 0.6) is 0 Å². The van der Waals surface area contributed by atoms with Gasteiger partial charge in [0.15, 0.2) is 0 Å². The molecule has 3 nitrogen and oxygen atoms in total. The predicted molar refractivity (Wildman–Crippen MR) is 78.5 cm³/mol. The number of halogens is 1. The molecule has 4 heteroatoms. The second-order valence-electron chi connectivity index (χ2n) is 5.06. The third-order valence-electron chi connectivity index (χ3n) is 3.45. The zero-order chi connectivity index (χ0) is 12.8. The SMILES string of the molecule is CCNCC1CCCN(Cc2cncc(Br)c2)C1. The van der Waals surface area contributed by atoms with Gasteiger partial charge in [-0.3, -0.25) is 9.88 Å². The molecule has 0 aliphatic carbocycles. The van der Waals surface area contributed by atoms with E-state index in [0.717, 1.165) is 30.0 Å². The van der Waals surface area contributed by atoms with Gasteiger partial charge in [0, 0.05) is 30.0 Å². The molecule has 0 bridgehead atoms. The average Bonchev–Trinajstić information content (AvgIpc) is 2.37. The van der Waals surface area contributed by atoms with Gasteiger partial charge in [0.2, 0.25) is 0 Å². The number of likely N-dealkylation sites (tertiary alicyclic amines) is 1. The summed E-state index contributed by atoms with van der Waals surface area (Å²) in [5, 5.41) is 3.46. The van der Waals surface area contributed by atoms with Gasteiger partial charge in [0.25, 0.3) is 0 Å². The molecule has 1 aliphatic rings. The molecule has 0 aromatic carbocycles. The van der Waals surface area contributed by atoms with Crippen molar-refractivity contribution in [1.29, 1.82) is 0 Å². The van der Waals surface area contributed by atoms with E-state index in [0.29, 0.717) is 0 Å². The van der Waals surface area contributed by atoms with E-state index < -0.39 is 0 Å². The van der Waals surface area contributed by atoms with Crippen molar-refractivity contribution in [3.63, 3.8) is 0 Å². The maximum Gasteiger partial charge on any atom is 0.0410 e. The van der Waals surface area contributed by atoms with E-state index in [1.807, 2.05) is 12.4 Å². The summed E-state index contributed by atoms with van der Waals surface area (Å²) in [6, 6.07) is 2.17. The van der Waals surface area contributed by atoms with Crippen LogP contribution >= 0.6 is 15.9 Å². The van der Waals surface area contributed by atoms with Crippen LogP contribution in [-0.2, 0) is 6.54 Å². The molecule has 2 heterocycles. The topological polar surface area (TPSA) is 28.2 Å². The monoisotopic (exact) mass is 311 g/mol. The molecule has 1 aliphatic heterocycles. The van der Waals surface area contributed by atoms with Gasteiger partial charge in [0.1, 0.15) is 0 Å². The van der Waals surface area contributed by atoms with Gasteiger partial charge in [-0.2, -0.15) is 0 Å². The Bertz CT molecular complexity index is 370. The van der Waals surface area contributed by atoms with Crippen LogP contribution in [0.15, 0.2) is 22.9 Å². The molecule has 1 unspecified atom stereocenters. The number of aromatic nitrogens is 1. The van der Waals surface area contributed by atoms with Crippen molar-refractivity contribution in [3.05, 3.63) is 28.5 Å². The van der Waals surface area contributed by atoms with Gasteiger partial charge in [-0.05, 0) is 66.0 Å². The molecule has 2 rings (SSSR count). The van der Waals surface area contributed by atoms with E-state index in [2.05, 4.69) is 44.1 Å². The van der Waals surface area contributed by atoms with E-state index in [4.69, 9.17) is 0 Å². The molecule has 0 amide bonds. The number of pyridine rings is 1. The lowest BCUT2D eigenvalue weighted by Crippen LogP contribution is -2.39. The standard InChI is InChI=1S/C14H22BrN3/c1-2-16-7-12-4-3-5-18(10-12)11-13-6-14(15)9-17-8-13/h6,8-9,12,16H,2-5,7,10-11H2,1H3. The van der Waals surface area contributed by atoms with Crippen molar-refractivity contribution >= 4 is 15.9 Å². The molecule has 0 radical (unpaired) electrons. The van der Waals surface area contributed by atoms with E-state index in [-0.39, 0.29) is 0 Å². The van der Waals surface area contributed by atoms with Crippen LogP contribution in [0.25, 0.3) is 0 Å². The Morgan fingerprint density at radius 1 is 1.50 bits per heavy atom. The second kappa shape index (κ2) is 7.22. The summed E-state index contributed by atoms with van der Waals surface area (Å²) in [7, 11) is 0. The Morgan fingerprint density at radius 2 is 2.39 bits per heavy atom. The van der Waals surface area contributed by atoms with Crippen molar-refractivity contribution in [2.45, 2.75) is 26.3 Å². The van der Waals surface area contributed by atoms with Gasteiger partial charge in [-0.1, -0.05) is 6.92 Å². The molecule has 100 valence electrons. The minimum atomic E-state index is 0.804. The molecule has 1 fully saturated rings. The molecule has 0 spiro atoms. The summed E-state index contributed by atoms with van der Waals surface area (Å²) in [6.45, 7) is 7.85.